The van der Waals surface area contributed by atoms with Crippen molar-refractivity contribution in [3.05, 3.63) is 45.2 Å². The molecule has 34 heavy (non-hydrogen) atoms. The van der Waals surface area contributed by atoms with Gasteiger partial charge >= 0.3 is 6.18 Å². The SMILES string of the molecule is CC1C2CN(c3cc(C(F)(F)F)ccn3)CCN2C(=O)[C@]12CCC(CNCc1ccc(Cl)s1)C2. The second-order valence-electron chi connectivity index (χ2n) is 9.80. The van der Waals surface area contributed by atoms with Crippen LogP contribution >= 0.6 is 22.9 Å². The molecule has 5 nitrogen and oxygen atoms in total. The van der Waals surface area contributed by atoms with Gasteiger partial charge in [-0.15, -0.1) is 11.3 Å². The molecule has 1 spiro atoms. The van der Waals surface area contributed by atoms with Crippen molar-refractivity contribution >= 4 is 34.7 Å². The van der Waals surface area contributed by atoms with E-state index in [-0.39, 0.29) is 23.3 Å². The topological polar surface area (TPSA) is 48.5 Å². The van der Waals surface area contributed by atoms with Crippen molar-refractivity contribution in [2.45, 2.75) is 44.9 Å². The van der Waals surface area contributed by atoms with Gasteiger partial charge in [0.05, 0.1) is 21.4 Å². The van der Waals surface area contributed by atoms with Crippen molar-refractivity contribution in [1.29, 1.82) is 0 Å². The summed E-state index contributed by atoms with van der Waals surface area (Å²) in [6, 6.07) is 6.04. The van der Waals surface area contributed by atoms with Crippen LogP contribution in [-0.4, -0.2) is 48.0 Å². The molecule has 1 saturated carbocycles. The summed E-state index contributed by atoms with van der Waals surface area (Å²) in [5.74, 6) is 1.14. The molecule has 1 N–H and O–H groups in total. The summed E-state index contributed by atoms with van der Waals surface area (Å²) >= 11 is 7.58. The van der Waals surface area contributed by atoms with Crippen molar-refractivity contribution in [3.8, 4) is 0 Å². The molecule has 2 aromatic rings. The van der Waals surface area contributed by atoms with Crippen LogP contribution in [0.3, 0.4) is 0 Å². The zero-order valence-corrected chi connectivity index (χ0v) is 20.5. The lowest BCUT2D eigenvalue weighted by Crippen LogP contribution is -2.53. The molecule has 3 fully saturated rings. The van der Waals surface area contributed by atoms with E-state index in [0.717, 1.165) is 48.8 Å². The van der Waals surface area contributed by atoms with Gasteiger partial charge in [0.15, 0.2) is 0 Å². The highest BCUT2D eigenvalue weighted by Crippen LogP contribution is 2.55. The number of thiophene rings is 1. The van der Waals surface area contributed by atoms with Gasteiger partial charge in [0.1, 0.15) is 5.82 Å². The first-order valence-electron chi connectivity index (χ1n) is 11.7. The van der Waals surface area contributed by atoms with E-state index in [4.69, 9.17) is 11.6 Å². The molecule has 3 unspecified atom stereocenters. The molecule has 10 heteroatoms. The van der Waals surface area contributed by atoms with E-state index in [1.54, 1.807) is 11.3 Å². The number of anilines is 1. The van der Waals surface area contributed by atoms with Gasteiger partial charge in [-0.25, -0.2) is 4.98 Å². The average Bonchev–Trinajstić information content (AvgIpc) is 3.48. The van der Waals surface area contributed by atoms with E-state index in [2.05, 4.69) is 17.2 Å². The lowest BCUT2D eigenvalue weighted by molar-refractivity contribution is -0.138. The second-order valence-corrected chi connectivity index (χ2v) is 11.6. The number of piperazine rings is 1. The Morgan fingerprint density at radius 1 is 1.29 bits per heavy atom. The molecule has 2 aliphatic heterocycles. The predicted octanol–water partition coefficient (Wildman–Crippen LogP) is 5.06. The fourth-order valence-corrected chi connectivity index (χ4v) is 7.18. The molecule has 4 atom stereocenters. The van der Waals surface area contributed by atoms with Gasteiger partial charge in [-0.2, -0.15) is 13.2 Å². The monoisotopic (exact) mass is 512 g/mol. The van der Waals surface area contributed by atoms with E-state index in [1.165, 1.54) is 11.1 Å². The Kier molecular flexibility index (Phi) is 6.31. The number of nitrogens with one attached hydrogen (secondary N) is 1. The van der Waals surface area contributed by atoms with Gasteiger partial charge in [0.2, 0.25) is 5.91 Å². The standard InChI is InChI=1S/C24H28ClF3N4OS/c1-15-19-14-31(21-10-17(5-7-30-21)24(26,27)28)8-9-32(19)22(33)23(15)6-4-16(11-23)12-29-13-18-2-3-20(25)34-18/h2-3,5,7,10,15-16,19,29H,4,6,8-9,11-14H2,1H3/t15?,16?,19?,23-/m0/s1. The number of carbonyl (C=O) groups is 1. The summed E-state index contributed by atoms with van der Waals surface area (Å²) in [5, 5.41) is 3.52. The minimum absolute atomic E-state index is 0.00226. The Labute approximate surface area is 206 Å². The number of hydrogen-bond acceptors (Lipinski definition) is 5. The Morgan fingerprint density at radius 2 is 2.12 bits per heavy atom. The van der Waals surface area contributed by atoms with E-state index >= 15 is 0 Å². The smallest absolute Gasteiger partial charge is 0.353 e. The maximum Gasteiger partial charge on any atom is 0.416 e. The van der Waals surface area contributed by atoms with Crippen LogP contribution in [0.2, 0.25) is 4.34 Å². The van der Waals surface area contributed by atoms with Crippen LogP contribution in [0.1, 0.15) is 36.6 Å². The third-order valence-corrected chi connectivity index (χ3v) is 9.19. The molecule has 2 saturated heterocycles. The highest BCUT2D eigenvalue weighted by atomic mass is 35.5. The number of fused-ring (bicyclic) bond motifs is 1. The van der Waals surface area contributed by atoms with Crippen LogP contribution in [-0.2, 0) is 17.5 Å². The van der Waals surface area contributed by atoms with Gasteiger partial charge in [-0.1, -0.05) is 18.5 Å². The first-order valence-corrected chi connectivity index (χ1v) is 12.9. The number of aromatic nitrogens is 1. The van der Waals surface area contributed by atoms with Crippen molar-refractivity contribution in [3.63, 3.8) is 0 Å². The van der Waals surface area contributed by atoms with E-state index < -0.39 is 11.7 Å². The number of alkyl halides is 3. The fraction of sp³-hybridized carbons (Fsp3) is 0.583. The van der Waals surface area contributed by atoms with Gasteiger partial charge in [0, 0.05) is 37.3 Å². The molecule has 1 amide bonds. The summed E-state index contributed by atoms with van der Waals surface area (Å²) in [6.45, 7) is 5.32. The number of halogens is 4. The third kappa shape index (κ3) is 4.31. The molecule has 0 aromatic carbocycles. The average molecular weight is 513 g/mol. The summed E-state index contributed by atoms with van der Waals surface area (Å²) in [4.78, 5) is 22.8. The van der Waals surface area contributed by atoms with Crippen LogP contribution in [0.4, 0.5) is 19.0 Å². The minimum Gasteiger partial charge on any atom is -0.353 e. The van der Waals surface area contributed by atoms with E-state index in [1.807, 2.05) is 21.9 Å². The molecule has 0 bridgehead atoms. The van der Waals surface area contributed by atoms with E-state index in [0.29, 0.717) is 31.4 Å². The molecule has 5 rings (SSSR count). The van der Waals surface area contributed by atoms with Crippen molar-refractivity contribution < 1.29 is 18.0 Å². The highest BCUT2D eigenvalue weighted by molar-refractivity contribution is 7.16. The number of nitrogens with zero attached hydrogens (tertiary/aromatic N) is 3. The highest BCUT2D eigenvalue weighted by Gasteiger charge is 2.60. The lowest BCUT2D eigenvalue weighted by Gasteiger charge is -2.39. The summed E-state index contributed by atoms with van der Waals surface area (Å²) < 4.78 is 40.3. The van der Waals surface area contributed by atoms with Gasteiger partial charge in [-0.05, 0) is 61.9 Å². The zero-order valence-electron chi connectivity index (χ0n) is 18.9. The van der Waals surface area contributed by atoms with Crippen molar-refractivity contribution in [2.75, 3.05) is 31.1 Å². The van der Waals surface area contributed by atoms with Gasteiger partial charge in [-0.3, -0.25) is 4.79 Å². The second kappa shape index (κ2) is 8.99. The van der Waals surface area contributed by atoms with Crippen LogP contribution in [0.15, 0.2) is 30.5 Å². The first kappa shape index (κ1) is 23.9. The number of carbonyl (C=O) groups excluding carboxylic acids is 1. The minimum atomic E-state index is -4.40. The fourth-order valence-electron chi connectivity index (χ4n) is 6.12. The van der Waals surface area contributed by atoms with Gasteiger partial charge in [0.25, 0.3) is 0 Å². The molecule has 1 aliphatic carbocycles. The Morgan fingerprint density at radius 3 is 2.85 bits per heavy atom. The third-order valence-electron chi connectivity index (χ3n) is 7.96. The number of amides is 1. The first-order chi connectivity index (χ1) is 16.2. The molecule has 2 aromatic heterocycles. The lowest BCUT2D eigenvalue weighted by atomic mass is 9.74. The molecule has 3 aliphatic rings. The molecule has 0 radical (unpaired) electrons. The Hall–Kier alpha value is -1.84. The summed E-state index contributed by atoms with van der Waals surface area (Å²) in [5.41, 5.74) is -1.05. The molecule has 4 heterocycles. The van der Waals surface area contributed by atoms with Crippen LogP contribution in [0.5, 0.6) is 0 Å². The molecular formula is C24H28ClF3N4OS. The Balaban J connectivity index is 1.24. The van der Waals surface area contributed by atoms with Crippen LogP contribution < -0.4 is 10.2 Å². The Bertz CT molecular complexity index is 1060. The molecule has 184 valence electrons. The number of rotatable bonds is 5. The number of pyridine rings is 1. The summed E-state index contributed by atoms with van der Waals surface area (Å²) in [7, 11) is 0. The normalized spacial score (nSPS) is 29.3. The molecular weight excluding hydrogens is 485 g/mol. The van der Waals surface area contributed by atoms with Gasteiger partial charge < -0.3 is 15.1 Å². The quantitative estimate of drug-likeness (QED) is 0.608. The van der Waals surface area contributed by atoms with E-state index in [9.17, 15) is 18.0 Å². The zero-order chi connectivity index (χ0) is 24.1. The predicted molar refractivity (Wildman–Crippen MR) is 127 cm³/mol. The summed E-state index contributed by atoms with van der Waals surface area (Å²) in [6.07, 6.45) is -0.441. The largest absolute Gasteiger partial charge is 0.416 e. The van der Waals surface area contributed by atoms with Crippen LogP contribution in [0, 0.1) is 17.3 Å². The van der Waals surface area contributed by atoms with Crippen molar-refractivity contribution in [1.82, 2.24) is 15.2 Å². The number of hydrogen-bond donors (Lipinski definition) is 1. The van der Waals surface area contributed by atoms with Crippen molar-refractivity contribution in [2.24, 2.45) is 17.3 Å². The maximum absolute atomic E-state index is 13.6. The maximum atomic E-state index is 13.6. The van der Waals surface area contributed by atoms with Crippen LogP contribution in [0.25, 0.3) is 0 Å².